The molecule has 0 bridgehead atoms. The van der Waals surface area contributed by atoms with Crippen molar-refractivity contribution in [1.82, 2.24) is 19.9 Å². The van der Waals surface area contributed by atoms with E-state index in [4.69, 9.17) is 0 Å². The minimum Gasteiger partial charge on any atom is -0.343 e. The Kier molecular flexibility index (Phi) is 5.79. The Labute approximate surface area is 195 Å². The molecule has 7 nitrogen and oxygen atoms in total. The van der Waals surface area contributed by atoms with Crippen LogP contribution in [0.1, 0.15) is 31.2 Å². The number of amides is 1. The Morgan fingerprint density at radius 3 is 2.56 bits per heavy atom. The maximum atomic E-state index is 13.3. The molecule has 1 aliphatic heterocycles. The van der Waals surface area contributed by atoms with Crippen LogP contribution < -0.4 is 10.9 Å². The van der Waals surface area contributed by atoms with E-state index >= 15 is 0 Å². The van der Waals surface area contributed by atoms with Crippen LogP contribution in [-0.4, -0.2) is 38.8 Å². The number of H-pyrrole nitrogens is 1. The fourth-order valence-electron chi connectivity index (χ4n) is 4.48. The van der Waals surface area contributed by atoms with Gasteiger partial charge in [0.15, 0.2) is 0 Å². The number of benzene rings is 1. The number of nitrogens with zero attached hydrogens (tertiary/aromatic N) is 3. The largest absolute Gasteiger partial charge is 0.343 e. The predicted molar refractivity (Wildman–Crippen MR) is 130 cm³/mol. The van der Waals surface area contributed by atoms with Crippen LogP contribution in [0.4, 0.5) is 15.9 Å². The average Bonchev–Trinajstić information content (AvgIpc) is 2.85. The van der Waals surface area contributed by atoms with Crippen molar-refractivity contribution in [2.45, 2.75) is 25.7 Å². The van der Waals surface area contributed by atoms with Crippen molar-refractivity contribution in [3.05, 3.63) is 82.8 Å². The first-order valence-corrected chi connectivity index (χ1v) is 11.2. The fourth-order valence-corrected chi connectivity index (χ4v) is 4.48. The topological polar surface area (TPSA) is 91.0 Å². The van der Waals surface area contributed by atoms with E-state index in [1.54, 1.807) is 31.3 Å². The average molecular weight is 458 g/mol. The van der Waals surface area contributed by atoms with Gasteiger partial charge in [-0.25, -0.2) is 9.97 Å². The fraction of sp³-hybridized carbons (Fsp3) is 0.231. The molecule has 5 rings (SSSR count). The summed E-state index contributed by atoms with van der Waals surface area (Å²) in [6, 6.07) is 14.6. The lowest BCUT2D eigenvalue weighted by atomic mass is 9.89. The van der Waals surface area contributed by atoms with E-state index in [2.05, 4.69) is 32.4 Å². The summed E-state index contributed by atoms with van der Waals surface area (Å²) in [5.41, 5.74) is 3.03. The van der Waals surface area contributed by atoms with Gasteiger partial charge in [-0.3, -0.25) is 9.59 Å². The lowest BCUT2D eigenvalue weighted by molar-refractivity contribution is -0.129. The minimum absolute atomic E-state index is 0.131. The highest BCUT2D eigenvalue weighted by molar-refractivity contribution is 5.95. The summed E-state index contributed by atoms with van der Waals surface area (Å²) < 4.78 is 13.3. The molecule has 4 heterocycles. The van der Waals surface area contributed by atoms with Crippen LogP contribution in [0.3, 0.4) is 0 Å². The van der Waals surface area contributed by atoms with Crippen LogP contribution in [0.15, 0.2) is 65.7 Å². The summed E-state index contributed by atoms with van der Waals surface area (Å²) in [5.74, 6) is 0.402. The molecule has 2 N–H and O–H groups in total. The number of halogens is 1. The maximum absolute atomic E-state index is 13.3. The minimum atomic E-state index is -0.564. The zero-order valence-electron chi connectivity index (χ0n) is 18.7. The van der Waals surface area contributed by atoms with Gasteiger partial charge in [0.05, 0.1) is 11.1 Å². The Morgan fingerprint density at radius 2 is 1.88 bits per heavy atom. The predicted octanol–water partition coefficient (Wildman–Crippen LogP) is 4.59. The van der Waals surface area contributed by atoms with Crippen molar-refractivity contribution in [3.8, 4) is 11.3 Å². The molecule has 0 spiro atoms. The molecule has 34 heavy (non-hydrogen) atoms. The zero-order valence-corrected chi connectivity index (χ0v) is 18.7. The highest BCUT2D eigenvalue weighted by Gasteiger charge is 2.22. The van der Waals surface area contributed by atoms with Crippen LogP contribution in [0.25, 0.3) is 22.0 Å². The number of rotatable bonds is 4. The van der Waals surface area contributed by atoms with E-state index < -0.39 is 5.95 Å². The molecular formula is C26H24FN5O2. The number of likely N-dealkylation sites (tertiary alicyclic amines) is 1. The molecule has 0 unspecified atom stereocenters. The second kappa shape index (κ2) is 9.05. The molecule has 0 aliphatic carbocycles. The van der Waals surface area contributed by atoms with Crippen molar-refractivity contribution >= 4 is 28.2 Å². The summed E-state index contributed by atoms with van der Waals surface area (Å²) in [5, 5.41) is 4.45. The molecule has 0 radical (unpaired) electrons. The number of piperidine rings is 1. The van der Waals surface area contributed by atoms with Gasteiger partial charge in [-0.1, -0.05) is 12.1 Å². The van der Waals surface area contributed by atoms with Gasteiger partial charge in [0, 0.05) is 43.7 Å². The number of hydrogen-bond donors (Lipinski definition) is 2. The molecule has 0 saturated carbocycles. The van der Waals surface area contributed by atoms with E-state index in [1.165, 1.54) is 17.8 Å². The summed E-state index contributed by atoms with van der Waals surface area (Å²) in [4.78, 5) is 37.1. The highest BCUT2D eigenvalue weighted by atomic mass is 19.1. The summed E-state index contributed by atoms with van der Waals surface area (Å²) >= 11 is 0. The monoisotopic (exact) mass is 457 g/mol. The van der Waals surface area contributed by atoms with E-state index in [0.29, 0.717) is 28.4 Å². The standard InChI is InChI=1S/C26H24FN5O2/c1-16(33)32-12-9-18(10-13-32)17-2-5-21(6-3-17)30-25-24-19(8-11-28-26(24)34)14-22(31-25)20-4-7-23(27)29-15-20/h2-8,11,14-15,18H,9-10,12-13H2,1H3,(H,28,34)(H,30,31). The Morgan fingerprint density at radius 1 is 1.12 bits per heavy atom. The molecule has 1 fully saturated rings. The molecule has 1 aliphatic rings. The molecule has 172 valence electrons. The Hall–Kier alpha value is -4.07. The molecule has 1 aromatic carbocycles. The van der Waals surface area contributed by atoms with Gasteiger partial charge in [-0.15, -0.1) is 0 Å². The lowest BCUT2D eigenvalue weighted by Crippen LogP contribution is -2.36. The number of hydrogen-bond acceptors (Lipinski definition) is 5. The number of carbonyl (C=O) groups excluding carboxylic acids is 1. The highest BCUT2D eigenvalue weighted by Crippen LogP contribution is 2.31. The number of anilines is 2. The SMILES string of the molecule is CC(=O)N1CCC(c2ccc(Nc3nc(-c4ccc(F)nc4)cc4cc[nH]c(=O)c34)cc2)CC1. The van der Waals surface area contributed by atoms with Crippen LogP contribution in [0.5, 0.6) is 0 Å². The molecule has 8 heteroatoms. The first-order valence-electron chi connectivity index (χ1n) is 11.2. The third-order valence-electron chi connectivity index (χ3n) is 6.36. The second-order valence-corrected chi connectivity index (χ2v) is 8.52. The van der Waals surface area contributed by atoms with Gasteiger partial charge in [-0.2, -0.15) is 4.39 Å². The van der Waals surface area contributed by atoms with Crippen molar-refractivity contribution < 1.29 is 9.18 Å². The van der Waals surface area contributed by atoms with E-state index in [-0.39, 0.29) is 11.5 Å². The quantitative estimate of drug-likeness (QED) is 0.437. The summed E-state index contributed by atoms with van der Waals surface area (Å²) in [7, 11) is 0. The van der Waals surface area contributed by atoms with Crippen molar-refractivity contribution in [2.24, 2.45) is 0 Å². The first kappa shape index (κ1) is 21.8. The number of nitrogens with one attached hydrogen (secondary N) is 2. The second-order valence-electron chi connectivity index (χ2n) is 8.52. The molecule has 1 amide bonds. The van der Waals surface area contributed by atoms with Crippen LogP contribution >= 0.6 is 0 Å². The van der Waals surface area contributed by atoms with E-state index in [0.717, 1.165) is 37.0 Å². The third kappa shape index (κ3) is 4.39. The van der Waals surface area contributed by atoms with Gasteiger partial charge < -0.3 is 15.2 Å². The van der Waals surface area contributed by atoms with Gasteiger partial charge >= 0.3 is 0 Å². The van der Waals surface area contributed by atoms with Gasteiger partial charge in [0.2, 0.25) is 11.9 Å². The summed E-state index contributed by atoms with van der Waals surface area (Å²) in [6.07, 6.45) is 4.91. The zero-order chi connectivity index (χ0) is 23.7. The Bertz CT molecular complexity index is 1390. The van der Waals surface area contributed by atoms with E-state index in [1.807, 2.05) is 17.0 Å². The van der Waals surface area contributed by atoms with Crippen LogP contribution in [0, 0.1) is 5.95 Å². The van der Waals surface area contributed by atoms with Gasteiger partial charge in [0.1, 0.15) is 5.82 Å². The Balaban J connectivity index is 1.43. The normalized spacial score (nSPS) is 14.4. The van der Waals surface area contributed by atoms with Gasteiger partial charge in [0.25, 0.3) is 5.56 Å². The van der Waals surface area contributed by atoms with Crippen molar-refractivity contribution in [1.29, 1.82) is 0 Å². The number of fused-ring (bicyclic) bond motifs is 1. The third-order valence-corrected chi connectivity index (χ3v) is 6.36. The first-order chi connectivity index (χ1) is 16.5. The van der Waals surface area contributed by atoms with E-state index in [9.17, 15) is 14.0 Å². The maximum Gasteiger partial charge on any atom is 0.259 e. The summed E-state index contributed by atoms with van der Waals surface area (Å²) in [6.45, 7) is 3.18. The molecular weight excluding hydrogens is 433 g/mol. The molecule has 3 aromatic heterocycles. The molecule has 1 saturated heterocycles. The smallest absolute Gasteiger partial charge is 0.259 e. The lowest BCUT2D eigenvalue weighted by Gasteiger charge is -2.31. The number of aromatic amines is 1. The van der Waals surface area contributed by atoms with Crippen LogP contribution in [-0.2, 0) is 4.79 Å². The number of aromatic nitrogens is 3. The molecule has 4 aromatic rings. The van der Waals surface area contributed by atoms with Gasteiger partial charge in [-0.05, 0) is 66.1 Å². The number of carbonyl (C=O) groups is 1. The van der Waals surface area contributed by atoms with Crippen molar-refractivity contribution in [2.75, 3.05) is 18.4 Å². The van der Waals surface area contributed by atoms with Crippen LogP contribution in [0.2, 0.25) is 0 Å². The molecule has 0 atom stereocenters. The van der Waals surface area contributed by atoms with Crippen molar-refractivity contribution in [3.63, 3.8) is 0 Å². The number of pyridine rings is 3.